The molecule has 0 aliphatic carbocycles. The molecule has 0 aliphatic heterocycles. The molecule has 0 bridgehead atoms. The summed E-state index contributed by atoms with van der Waals surface area (Å²) in [4.78, 5) is 24.3. The fourth-order valence-electron chi connectivity index (χ4n) is 2.99. The van der Waals surface area contributed by atoms with E-state index >= 15 is 0 Å². The van der Waals surface area contributed by atoms with E-state index < -0.39 is 0 Å². The SMILES string of the molecule is COc1cc2nc(Cc3nc4cc(C)c(C)cn4n3)[nH]c(=O)c2cc1OC. The quantitative estimate of drug-likeness (QED) is 0.596. The van der Waals surface area contributed by atoms with Gasteiger partial charge in [0.05, 0.1) is 31.5 Å². The summed E-state index contributed by atoms with van der Waals surface area (Å²) in [5.41, 5.74) is 3.34. The average molecular weight is 365 g/mol. The van der Waals surface area contributed by atoms with E-state index in [0.29, 0.717) is 40.5 Å². The molecule has 1 aromatic carbocycles. The molecule has 0 unspecified atom stereocenters. The van der Waals surface area contributed by atoms with E-state index in [0.717, 1.165) is 16.8 Å². The summed E-state index contributed by atoms with van der Waals surface area (Å²) >= 11 is 0. The lowest BCUT2D eigenvalue weighted by molar-refractivity contribution is 0.355. The van der Waals surface area contributed by atoms with Crippen LogP contribution in [0.3, 0.4) is 0 Å². The maximum atomic E-state index is 12.5. The first-order valence-corrected chi connectivity index (χ1v) is 8.46. The number of hydrogen-bond donors (Lipinski definition) is 1. The highest BCUT2D eigenvalue weighted by atomic mass is 16.5. The number of methoxy groups -OCH3 is 2. The van der Waals surface area contributed by atoms with Gasteiger partial charge in [0.15, 0.2) is 23.0 Å². The highest BCUT2D eigenvalue weighted by Crippen LogP contribution is 2.30. The zero-order valence-electron chi connectivity index (χ0n) is 15.5. The molecule has 4 rings (SSSR count). The zero-order chi connectivity index (χ0) is 19.1. The summed E-state index contributed by atoms with van der Waals surface area (Å²) in [6, 6.07) is 5.30. The molecule has 4 aromatic rings. The van der Waals surface area contributed by atoms with Gasteiger partial charge in [0.25, 0.3) is 5.56 Å². The van der Waals surface area contributed by atoms with Crippen LogP contribution in [-0.4, -0.2) is 38.8 Å². The molecule has 0 fully saturated rings. The van der Waals surface area contributed by atoms with Crippen LogP contribution in [0.25, 0.3) is 16.6 Å². The summed E-state index contributed by atoms with van der Waals surface area (Å²) in [6.07, 6.45) is 2.26. The van der Waals surface area contributed by atoms with Crippen molar-refractivity contribution in [2.24, 2.45) is 0 Å². The molecule has 3 aromatic heterocycles. The lowest BCUT2D eigenvalue weighted by atomic mass is 10.2. The van der Waals surface area contributed by atoms with Crippen LogP contribution >= 0.6 is 0 Å². The van der Waals surface area contributed by atoms with Crippen molar-refractivity contribution in [3.63, 3.8) is 0 Å². The van der Waals surface area contributed by atoms with Gasteiger partial charge >= 0.3 is 0 Å². The normalized spacial score (nSPS) is 11.3. The smallest absolute Gasteiger partial charge is 0.258 e. The van der Waals surface area contributed by atoms with Gasteiger partial charge in [-0.15, -0.1) is 0 Å². The number of rotatable bonds is 4. The molecule has 27 heavy (non-hydrogen) atoms. The Labute approximate surface area is 154 Å². The van der Waals surface area contributed by atoms with E-state index in [1.165, 1.54) is 7.11 Å². The van der Waals surface area contributed by atoms with Crippen molar-refractivity contribution >= 4 is 16.6 Å². The van der Waals surface area contributed by atoms with E-state index in [2.05, 4.69) is 20.1 Å². The van der Waals surface area contributed by atoms with Crippen molar-refractivity contribution in [3.05, 3.63) is 57.5 Å². The zero-order valence-corrected chi connectivity index (χ0v) is 15.5. The van der Waals surface area contributed by atoms with Gasteiger partial charge in [-0.05, 0) is 37.1 Å². The number of aryl methyl sites for hydroxylation is 2. The molecule has 138 valence electrons. The van der Waals surface area contributed by atoms with Crippen molar-refractivity contribution < 1.29 is 9.47 Å². The van der Waals surface area contributed by atoms with Crippen LogP contribution in [0, 0.1) is 13.8 Å². The summed E-state index contributed by atoms with van der Waals surface area (Å²) < 4.78 is 12.3. The Morgan fingerprint density at radius 2 is 1.78 bits per heavy atom. The fraction of sp³-hybridized carbons (Fsp3) is 0.263. The first kappa shape index (κ1) is 17.0. The predicted molar refractivity (Wildman–Crippen MR) is 101 cm³/mol. The molecule has 1 N–H and O–H groups in total. The van der Waals surface area contributed by atoms with Gasteiger partial charge in [-0.2, -0.15) is 5.10 Å². The number of benzene rings is 1. The minimum atomic E-state index is -0.244. The van der Waals surface area contributed by atoms with Crippen LogP contribution in [0.5, 0.6) is 11.5 Å². The number of H-pyrrole nitrogens is 1. The van der Waals surface area contributed by atoms with Crippen molar-refractivity contribution in [2.45, 2.75) is 20.3 Å². The molecule has 0 aliphatic rings. The fourth-order valence-corrected chi connectivity index (χ4v) is 2.99. The van der Waals surface area contributed by atoms with Crippen LogP contribution in [0.15, 0.2) is 29.2 Å². The average Bonchev–Trinajstić information content (AvgIpc) is 3.01. The number of aromatic amines is 1. The summed E-state index contributed by atoms with van der Waals surface area (Å²) in [5.74, 6) is 2.08. The van der Waals surface area contributed by atoms with E-state index in [4.69, 9.17) is 9.47 Å². The van der Waals surface area contributed by atoms with Gasteiger partial charge in [-0.1, -0.05) is 0 Å². The number of fused-ring (bicyclic) bond motifs is 2. The van der Waals surface area contributed by atoms with Crippen LogP contribution in [0.4, 0.5) is 0 Å². The summed E-state index contributed by atoms with van der Waals surface area (Å²) in [5, 5.41) is 4.92. The van der Waals surface area contributed by atoms with Crippen LogP contribution in [-0.2, 0) is 6.42 Å². The van der Waals surface area contributed by atoms with Gasteiger partial charge in [0.1, 0.15) is 5.82 Å². The Balaban J connectivity index is 1.77. The number of pyridine rings is 1. The number of aromatic nitrogens is 5. The molecular formula is C19H19N5O3. The van der Waals surface area contributed by atoms with Crippen molar-refractivity contribution in [3.8, 4) is 11.5 Å². The van der Waals surface area contributed by atoms with Gasteiger partial charge in [-0.3, -0.25) is 4.79 Å². The lowest BCUT2D eigenvalue weighted by Crippen LogP contribution is -2.13. The molecule has 0 spiro atoms. The van der Waals surface area contributed by atoms with Crippen molar-refractivity contribution in [1.29, 1.82) is 0 Å². The number of ether oxygens (including phenoxy) is 2. The second-order valence-electron chi connectivity index (χ2n) is 6.38. The second-order valence-corrected chi connectivity index (χ2v) is 6.38. The van der Waals surface area contributed by atoms with E-state index in [1.54, 1.807) is 23.8 Å². The maximum absolute atomic E-state index is 12.5. The van der Waals surface area contributed by atoms with Crippen molar-refractivity contribution in [1.82, 2.24) is 24.6 Å². The molecule has 0 atom stereocenters. The first-order chi connectivity index (χ1) is 13.0. The highest BCUT2D eigenvalue weighted by molar-refractivity contribution is 5.81. The van der Waals surface area contributed by atoms with Gasteiger partial charge in [-0.25, -0.2) is 14.5 Å². The van der Waals surface area contributed by atoms with Crippen LogP contribution in [0.2, 0.25) is 0 Å². The topological polar surface area (TPSA) is 94.4 Å². The third kappa shape index (κ3) is 2.99. The Morgan fingerprint density at radius 1 is 1.04 bits per heavy atom. The third-order valence-electron chi connectivity index (χ3n) is 4.57. The van der Waals surface area contributed by atoms with Gasteiger partial charge in [0.2, 0.25) is 0 Å². The first-order valence-electron chi connectivity index (χ1n) is 8.46. The minimum Gasteiger partial charge on any atom is -0.493 e. The number of nitrogens with one attached hydrogen (secondary N) is 1. The van der Waals surface area contributed by atoms with E-state index in [1.807, 2.05) is 26.1 Å². The maximum Gasteiger partial charge on any atom is 0.258 e. The van der Waals surface area contributed by atoms with Gasteiger partial charge < -0.3 is 14.5 Å². The van der Waals surface area contributed by atoms with E-state index in [9.17, 15) is 4.79 Å². The third-order valence-corrected chi connectivity index (χ3v) is 4.57. The standard InChI is InChI=1S/C19H19N5O3/c1-10-5-18-21-17(23-24(18)9-11(10)2)8-16-20-13-7-15(27-4)14(26-3)6-12(13)19(25)22-16/h5-7,9H,8H2,1-4H3,(H,20,22,25). The van der Waals surface area contributed by atoms with Gasteiger partial charge in [0, 0.05) is 12.3 Å². The number of nitrogens with zero attached hydrogens (tertiary/aromatic N) is 4. The monoisotopic (exact) mass is 365 g/mol. The Kier molecular flexibility index (Phi) is 4.02. The molecule has 0 radical (unpaired) electrons. The Morgan fingerprint density at radius 3 is 2.52 bits per heavy atom. The van der Waals surface area contributed by atoms with Crippen LogP contribution in [0.1, 0.15) is 22.8 Å². The van der Waals surface area contributed by atoms with Crippen molar-refractivity contribution in [2.75, 3.05) is 14.2 Å². The largest absolute Gasteiger partial charge is 0.493 e. The number of hydrogen-bond acceptors (Lipinski definition) is 6. The molecular weight excluding hydrogens is 346 g/mol. The molecule has 3 heterocycles. The molecule has 8 heteroatoms. The minimum absolute atomic E-state index is 0.244. The summed E-state index contributed by atoms with van der Waals surface area (Å²) in [6.45, 7) is 4.06. The summed E-state index contributed by atoms with van der Waals surface area (Å²) in [7, 11) is 3.07. The Hall–Kier alpha value is -3.42. The van der Waals surface area contributed by atoms with Crippen LogP contribution < -0.4 is 15.0 Å². The van der Waals surface area contributed by atoms with E-state index in [-0.39, 0.29) is 5.56 Å². The predicted octanol–water partition coefficient (Wildman–Crippen LogP) is 2.19. The lowest BCUT2D eigenvalue weighted by Gasteiger charge is -2.09. The highest BCUT2D eigenvalue weighted by Gasteiger charge is 2.13. The molecule has 0 saturated carbocycles. The molecule has 8 nitrogen and oxygen atoms in total. The molecule has 0 saturated heterocycles. The second kappa shape index (κ2) is 6.39. The Bertz CT molecular complexity index is 1190. The molecule has 0 amide bonds.